The lowest BCUT2D eigenvalue weighted by atomic mass is 10.1. The topological polar surface area (TPSA) is 35.3 Å². The molecule has 0 unspecified atom stereocenters. The lowest BCUT2D eigenvalue weighted by molar-refractivity contribution is 0.306. The number of aryl methyl sites for hydroxylation is 2. The van der Waals surface area contributed by atoms with Gasteiger partial charge in [-0.3, -0.25) is 0 Å². The van der Waals surface area contributed by atoms with E-state index in [1.165, 1.54) is 5.56 Å². The lowest BCUT2D eigenvalue weighted by Crippen LogP contribution is -1.95. The number of alkyl halides is 1. The van der Waals surface area contributed by atoms with E-state index < -0.39 is 0 Å². The van der Waals surface area contributed by atoms with Crippen LogP contribution in [0.1, 0.15) is 16.8 Å². The van der Waals surface area contributed by atoms with Crippen molar-refractivity contribution in [2.75, 3.05) is 5.33 Å². The zero-order valence-corrected chi connectivity index (χ0v) is 13.4. The molecule has 0 bridgehead atoms. The van der Waals surface area contributed by atoms with E-state index >= 15 is 0 Å². The molecule has 1 aromatic heterocycles. The minimum Gasteiger partial charge on any atom is -0.489 e. The first-order valence-corrected chi connectivity index (χ1v) is 8.01. The summed E-state index contributed by atoms with van der Waals surface area (Å²) < 4.78 is 11.2. The number of benzene rings is 2. The fraction of sp³-hybridized carbons (Fsp3) is 0.235. The first-order chi connectivity index (χ1) is 10.3. The van der Waals surface area contributed by atoms with E-state index in [-0.39, 0.29) is 0 Å². The van der Waals surface area contributed by atoms with Crippen LogP contribution in [-0.4, -0.2) is 10.5 Å². The zero-order valence-electron chi connectivity index (χ0n) is 11.8. The van der Waals surface area contributed by atoms with Gasteiger partial charge in [-0.25, -0.2) is 0 Å². The van der Waals surface area contributed by atoms with Crippen LogP contribution in [0.25, 0.3) is 11.0 Å². The summed E-state index contributed by atoms with van der Waals surface area (Å²) in [4.78, 5) is 0. The van der Waals surface area contributed by atoms with E-state index in [9.17, 15) is 0 Å². The molecular weight excluding hydrogens is 330 g/mol. The summed E-state index contributed by atoms with van der Waals surface area (Å²) in [6, 6.07) is 14.2. The molecule has 0 fully saturated rings. The fourth-order valence-electron chi connectivity index (χ4n) is 2.30. The summed E-state index contributed by atoms with van der Waals surface area (Å²) >= 11 is 3.42. The summed E-state index contributed by atoms with van der Waals surface area (Å²) in [5, 5.41) is 6.02. The molecule has 0 aliphatic rings. The molecule has 1 heterocycles. The molecule has 0 aliphatic carbocycles. The summed E-state index contributed by atoms with van der Waals surface area (Å²) in [6.07, 6.45) is 0.858. The number of aromatic nitrogens is 1. The largest absolute Gasteiger partial charge is 0.489 e. The predicted octanol–water partition coefficient (Wildman–Crippen LogP) is 4.65. The maximum Gasteiger partial charge on any atom is 0.170 e. The van der Waals surface area contributed by atoms with Crippen LogP contribution >= 0.6 is 15.9 Å². The summed E-state index contributed by atoms with van der Waals surface area (Å²) in [5.41, 5.74) is 4.15. The van der Waals surface area contributed by atoms with Gasteiger partial charge < -0.3 is 9.26 Å². The van der Waals surface area contributed by atoms with Crippen molar-refractivity contribution in [3.05, 3.63) is 59.3 Å². The second-order valence-corrected chi connectivity index (χ2v) is 5.80. The Morgan fingerprint density at radius 1 is 1.19 bits per heavy atom. The van der Waals surface area contributed by atoms with Crippen LogP contribution in [0.5, 0.6) is 5.75 Å². The Kier molecular flexibility index (Phi) is 4.25. The van der Waals surface area contributed by atoms with E-state index in [4.69, 9.17) is 9.26 Å². The highest BCUT2D eigenvalue weighted by Gasteiger charge is 2.08. The molecule has 0 N–H and O–H groups in total. The molecule has 0 saturated heterocycles. The van der Waals surface area contributed by atoms with Crippen molar-refractivity contribution in [1.29, 1.82) is 0 Å². The molecule has 0 saturated carbocycles. The van der Waals surface area contributed by atoms with Crippen LogP contribution in [0.4, 0.5) is 0 Å². The van der Waals surface area contributed by atoms with Crippen LogP contribution in [-0.2, 0) is 13.0 Å². The molecule has 4 heteroatoms. The molecular formula is C17H16BrNO2. The van der Waals surface area contributed by atoms with E-state index in [0.717, 1.165) is 39.7 Å². The molecule has 0 aliphatic heterocycles. The standard InChI is InChI=1S/C17H16BrNO2/c1-12-3-2-4-13(9-12)11-20-14-5-6-15-16(7-8-18)19-21-17(15)10-14/h2-6,9-10H,7-8,11H2,1H3. The number of rotatable bonds is 5. The van der Waals surface area contributed by atoms with E-state index in [2.05, 4.69) is 46.2 Å². The van der Waals surface area contributed by atoms with E-state index in [1.54, 1.807) is 0 Å². The molecule has 0 spiro atoms. The molecule has 2 aromatic carbocycles. The van der Waals surface area contributed by atoms with Gasteiger partial charge in [0, 0.05) is 23.2 Å². The Labute approximate surface area is 132 Å². The second-order valence-electron chi connectivity index (χ2n) is 5.00. The zero-order chi connectivity index (χ0) is 14.7. The molecule has 21 heavy (non-hydrogen) atoms. The van der Waals surface area contributed by atoms with Crippen LogP contribution in [0, 0.1) is 6.92 Å². The Bertz CT molecular complexity index is 751. The molecule has 3 aromatic rings. The highest BCUT2D eigenvalue weighted by molar-refractivity contribution is 9.09. The highest BCUT2D eigenvalue weighted by Crippen LogP contribution is 2.25. The lowest BCUT2D eigenvalue weighted by Gasteiger charge is -2.06. The second kappa shape index (κ2) is 6.31. The number of ether oxygens (including phenoxy) is 1. The average molecular weight is 346 g/mol. The number of halogens is 1. The van der Waals surface area contributed by atoms with E-state index in [1.807, 2.05) is 24.3 Å². The van der Waals surface area contributed by atoms with Gasteiger partial charge in [0.15, 0.2) is 5.58 Å². The SMILES string of the molecule is Cc1cccc(COc2ccc3c(CCBr)noc3c2)c1. The third kappa shape index (κ3) is 3.27. The van der Waals surface area contributed by atoms with Gasteiger partial charge in [0.05, 0.1) is 5.69 Å². The average Bonchev–Trinajstić information content (AvgIpc) is 2.88. The van der Waals surface area contributed by atoms with Gasteiger partial charge in [0.2, 0.25) is 0 Å². The maximum atomic E-state index is 5.83. The van der Waals surface area contributed by atoms with Gasteiger partial charge in [-0.15, -0.1) is 0 Å². The van der Waals surface area contributed by atoms with Gasteiger partial charge in [0.1, 0.15) is 12.4 Å². The first-order valence-electron chi connectivity index (χ1n) is 6.89. The monoisotopic (exact) mass is 345 g/mol. The minimum atomic E-state index is 0.551. The molecule has 3 nitrogen and oxygen atoms in total. The summed E-state index contributed by atoms with van der Waals surface area (Å²) in [5.74, 6) is 0.797. The number of fused-ring (bicyclic) bond motifs is 1. The van der Waals surface area contributed by atoms with Crippen molar-refractivity contribution in [2.24, 2.45) is 0 Å². The van der Waals surface area contributed by atoms with Gasteiger partial charge in [-0.2, -0.15) is 0 Å². The van der Waals surface area contributed by atoms with Crippen LogP contribution in [0.3, 0.4) is 0 Å². The normalized spacial score (nSPS) is 11.0. The molecule has 108 valence electrons. The Balaban J connectivity index is 1.75. The summed E-state index contributed by atoms with van der Waals surface area (Å²) in [7, 11) is 0. The third-order valence-corrected chi connectivity index (χ3v) is 3.73. The van der Waals surface area contributed by atoms with Crippen LogP contribution in [0.2, 0.25) is 0 Å². The van der Waals surface area contributed by atoms with Crippen LogP contribution < -0.4 is 4.74 Å². The molecule has 3 rings (SSSR count). The Hall–Kier alpha value is -1.81. The first kappa shape index (κ1) is 14.1. The van der Waals surface area contributed by atoms with Gasteiger partial charge in [0.25, 0.3) is 0 Å². The Morgan fingerprint density at radius 3 is 2.90 bits per heavy atom. The maximum absolute atomic E-state index is 5.83. The number of hydrogen-bond acceptors (Lipinski definition) is 3. The summed E-state index contributed by atoms with van der Waals surface area (Å²) in [6.45, 7) is 2.63. The van der Waals surface area contributed by atoms with Gasteiger partial charge >= 0.3 is 0 Å². The number of hydrogen-bond donors (Lipinski definition) is 0. The number of nitrogens with zero attached hydrogens (tertiary/aromatic N) is 1. The van der Waals surface area contributed by atoms with Crippen molar-refractivity contribution >= 4 is 26.9 Å². The van der Waals surface area contributed by atoms with Crippen molar-refractivity contribution < 1.29 is 9.26 Å². The molecule has 0 radical (unpaired) electrons. The predicted molar refractivity (Wildman–Crippen MR) is 87.0 cm³/mol. The van der Waals surface area contributed by atoms with Crippen LogP contribution in [0.15, 0.2) is 47.0 Å². The van der Waals surface area contributed by atoms with Crippen molar-refractivity contribution in [2.45, 2.75) is 20.0 Å². The van der Waals surface area contributed by atoms with Crippen molar-refractivity contribution in [1.82, 2.24) is 5.16 Å². The third-order valence-electron chi connectivity index (χ3n) is 3.34. The van der Waals surface area contributed by atoms with Gasteiger partial charge in [-0.05, 0) is 24.6 Å². The molecule has 0 amide bonds. The van der Waals surface area contributed by atoms with E-state index in [0.29, 0.717) is 6.61 Å². The highest BCUT2D eigenvalue weighted by atomic mass is 79.9. The van der Waals surface area contributed by atoms with Gasteiger partial charge in [-0.1, -0.05) is 50.9 Å². The molecule has 0 atom stereocenters. The Morgan fingerprint density at radius 2 is 2.10 bits per heavy atom. The smallest absolute Gasteiger partial charge is 0.170 e. The fourth-order valence-corrected chi connectivity index (χ4v) is 2.67. The van der Waals surface area contributed by atoms with Crippen molar-refractivity contribution in [3.8, 4) is 5.75 Å². The quantitative estimate of drug-likeness (QED) is 0.631. The van der Waals surface area contributed by atoms with Crippen molar-refractivity contribution in [3.63, 3.8) is 0 Å². The minimum absolute atomic E-state index is 0.551.